The monoisotopic (exact) mass is 390 g/mol. The number of fused-ring (bicyclic) bond motifs is 1. The van der Waals surface area contributed by atoms with Gasteiger partial charge < -0.3 is 14.8 Å². The van der Waals surface area contributed by atoms with E-state index in [1.165, 1.54) is 17.5 Å². The quantitative estimate of drug-likeness (QED) is 0.774. The predicted molar refractivity (Wildman–Crippen MR) is 104 cm³/mol. The van der Waals surface area contributed by atoms with Crippen molar-refractivity contribution in [3.8, 4) is 0 Å². The summed E-state index contributed by atoms with van der Waals surface area (Å²) in [6.45, 7) is 6.57. The minimum absolute atomic E-state index is 0.0188. The highest BCUT2D eigenvalue weighted by molar-refractivity contribution is 5.83. The maximum Gasteiger partial charge on any atom is 0.414 e. The predicted octanol–water partition coefficient (Wildman–Crippen LogP) is 2.24. The van der Waals surface area contributed by atoms with Gasteiger partial charge in [-0.2, -0.15) is 4.98 Å². The van der Waals surface area contributed by atoms with E-state index in [4.69, 9.17) is 13.6 Å². The number of aromatic nitrogens is 3. The van der Waals surface area contributed by atoms with Gasteiger partial charge in [-0.25, -0.2) is 9.31 Å². The first kappa shape index (κ1) is 16.1. The highest BCUT2D eigenvalue weighted by Gasteiger charge is 2.28. The number of carbonyl (C=O) groups excluding carboxylic acids is 2. The van der Waals surface area contributed by atoms with Crippen molar-refractivity contribution in [2.45, 2.75) is 39.3 Å². The van der Waals surface area contributed by atoms with Crippen LogP contribution in [0.3, 0.4) is 0 Å². The molecule has 0 radical (unpaired) electrons. The summed E-state index contributed by atoms with van der Waals surface area (Å²) in [5, 5.41) is 7.50. The van der Waals surface area contributed by atoms with E-state index in [2.05, 4.69) is 15.4 Å². The molecule has 2 N–H and O–H groups in total. The highest BCUT2D eigenvalue weighted by Crippen LogP contribution is 2.24. The number of carbonyl (C=O) groups is 2. The van der Waals surface area contributed by atoms with Crippen molar-refractivity contribution in [1.29, 1.82) is 0 Å². The second-order valence-corrected chi connectivity index (χ2v) is 7.26. The molecule has 0 bridgehead atoms. The summed E-state index contributed by atoms with van der Waals surface area (Å²) >= 11 is 0. The first-order chi connectivity index (χ1) is 14.3. The molecule has 9 heteroatoms. The number of nitrogens with one attached hydrogen (secondary N) is 2. The van der Waals surface area contributed by atoms with Crippen LogP contribution in [0.1, 0.15) is 36.0 Å². The van der Waals surface area contributed by atoms with Crippen LogP contribution in [0.4, 0.5) is 10.7 Å². The number of methoxy groups -OCH3 is 1. The Morgan fingerprint density at radius 1 is 1.46 bits per heavy atom. The number of anilines is 1. The van der Waals surface area contributed by atoms with Gasteiger partial charge >= 0.3 is 12.1 Å². The molecule has 1 aliphatic rings. The van der Waals surface area contributed by atoms with Crippen LogP contribution in [0.25, 0.3) is 11.2 Å². The van der Waals surface area contributed by atoms with E-state index in [9.17, 15) is 9.59 Å². The molecule has 0 fully saturated rings. The van der Waals surface area contributed by atoms with Gasteiger partial charge in [0.05, 0.1) is 13.0 Å². The Labute approximate surface area is 167 Å². The third-order valence-corrected chi connectivity index (χ3v) is 3.92. The fraction of sp³-hybridized carbons (Fsp3) is 0.474. The molecular formula is C19H25N5O4. The minimum Gasteiger partial charge on any atom is -0.469 e. The fourth-order valence-electron chi connectivity index (χ4n) is 2.63. The molecule has 2 atom stereocenters. The third kappa shape index (κ3) is 4.48. The van der Waals surface area contributed by atoms with Crippen molar-refractivity contribution in [3.05, 3.63) is 30.0 Å². The molecular weight excluding hydrogens is 362 g/mol. The van der Waals surface area contributed by atoms with Gasteiger partial charge in [-0.15, -0.1) is 5.10 Å². The first-order valence-corrected chi connectivity index (χ1v) is 8.70. The zero-order chi connectivity index (χ0) is 23.2. The normalized spacial score (nSPS) is 27.3. The summed E-state index contributed by atoms with van der Waals surface area (Å²) in [6.07, 6.45) is 2.26. The Morgan fingerprint density at radius 3 is 2.89 bits per heavy atom. The molecule has 0 aliphatic carbocycles. The van der Waals surface area contributed by atoms with Gasteiger partial charge in [-0.1, -0.05) is 6.08 Å². The van der Waals surface area contributed by atoms with E-state index < -0.39 is 29.6 Å². The van der Waals surface area contributed by atoms with Crippen LogP contribution < -0.4 is 10.6 Å². The van der Waals surface area contributed by atoms with Gasteiger partial charge in [0.1, 0.15) is 7.01 Å². The number of nitrogens with zero attached hydrogens (tertiary/aromatic N) is 3. The number of pyridine rings is 1. The van der Waals surface area contributed by atoms with E-state index in [1.54, 1.807) is 39.1 Å². The maximum atomic E-state index is 12.3. The van der Waals surface area contributed by atoms with E-state index in [0.717, 1.165) is 12.4 Å². The molecule has 2 unspecified atom stereocenters. The Hall–Kier alpha value is -2.94. The summed E-state index contributed by atoms with van der Waals surface area (Å²) in [6, 6.07) is 1.49. The first-order valence-electron chi connectivity index (χ1n) is 10.1. The number of hydrogen-bond donors (Lipinski definition) is 2. The number of hydrogen-bond acceptors (Lipinski definition) is 7. The molecule has 28 heavy (non-hydrogen) atoms. The van der Waals surface area contributed by atoms with E-state index in [-0.39, 0.29) is 12.5 Å². The lowest BCUT2D eigenvalue weighted by Gasteiger charge is -2.27. The number of rotatable bonds is 3. The van der Waals surface area contributed by atoms with Crippen molar-refractivity contribution in [3.63, 3.8) is 0 Å². The van der Waals surface area contributed by atoms with Crippen LogP contribution in [0.2, 0.25) is 1.41 Å². The second kappa shape index (κ2) is 7.59. The second-order valence-electron chi connectivity index (χ2n) is 7.26. The lowest BCUT2D eigenvalue weighted by Crippen LogP contribution is -2.41. The minimum atomic E-state index is -2.10. The van der Waals surface area contributed by atoms with Crippen LogP contribution in [-0.4, -0.2) is 51.9 Å². The summed E-state index contributed by atoms with van der Waals surface area (Å²) in [5.41, 5.74) is 0.818. The smallest absolute Gasteiger partial charge is 0.414 e. The van der Waals surface area contributed by atoms with Crippen LogP contribution in [-0.2, 0) is 14.3 Å². The zero-order valence-corrected chi connectivity index (χ0v) is 16.4. The van der Waals surface area contributed by atoms with E-state index in [1.807, 2.05) is 0 Å². The molecule has 0 spiro atoms. The van der Waals surface area contributed by atoms with E-state index >= 15 is 0 Å². The molecule has 0 saturated heterocycles. The standard InChI is InChI=1S/C19H25N5O4/c1-11-14(16(25)27-5)8-13(10-20-11)12-6-7-24-15(9-12)21-17(23-24)22-18(26)28-19(2,3)4/h6-9,11,14,20H,10H2,1-5H3,(H,22,23,26)/i11D,14D/hD. The molecule has 0 aromatic carbocycles. The molecule has 3 rings (SSSR count). The molecule has 1 amide bonds. The Kier molecular flexibility index (Phi) is 4.35. The van der Waals surface area contributed by atoms with Crippen molar-refractivity contribution in [1.82, 2.24) is 19.9 Å². The SMILES string of the molecule is [2H]N1CC(c2ccn3nc(NC(=O)OC(C)(C)C)nc3c2)=CC([2H])(C(=O)OC)C1([2H])C. The summed E-state index contributed by atoms with van der Waals surface area (Å²) in [7, 11) is 1.15. The molecule has 9 nitrogen and oxygen atoms in total. The van der Waals surface area contributed by atoms with Crippen LogP contribution >= 0.6 is 0 Å². The molecule has 2 aromatic rings. The van der Waals surface area contributed by atoms with Gasteiger partial charge in [-0.3, -0.25) is 10.1 Å². The van der Waals surface area contributed by atoms with Gasteiger partial charge in [0, 0.05) is 21.5 Å². The highest BCUT2D eigenvalue weighted by atomic mass is 16.6. The largest absolute Gasteiger partial charge is 0.469 e. The van der Waals surface area contributed by atoms with Crippen molar-refractivity contribution < 1.29 is 23.2 Å². The summed E-state index contributed by atoms with van der Waals surface area (Å²) in [5.74, 6) is -2.97. The van der Waals surface area contributed by atoms with Crippen LogP contribution in [0.15, 0.2) is 24.4 Å². The fourth-order valence-corrected chi connectivity index (χ4v) is 2.63. The van der Waals surface area contributed by atoms with Gasteiger partial charge in [-0.05, 0) is 51.0 Å². The Morgan fingerprint density at radius 2 is 2.21 bits per heavy atom. The Balaban J connectivity index is 1.94. The summed E-state index contributed by atoms with van der Waals surface area (Å²) in [4.78, 5) is 28.5. The summed E-state index contributed by atoms with van der Waals surface area (Å²) < 4.78 is 36.5. The zero-order valence-electron chi connectivity index (χ0n) is 19.4. The molecule has 2 aromatic heterocycles. The molecule has 3 heterocycles. The lowest BCUT2D eigenvalue weighted by molar-refractivity contribution is -0.144. The van der Waals surface area contributed by atoms with Crippen LogP contribution in [0.5, 0.6) is 0 Å². The van der Waals surface area contributed by atoms with E-state index in [0.29, 0.717) is 16.8 Å². The van der Waals surface area contributed by atoms with Gasteiger partial charge in [0.25, 0.3) is 5.95 Å². The third-order valence-electron chi connectivity index (χ3n) is 3.92. The molecule has 150 valence electrons. The number of amides is 1. The average molecular weight is 390 g/mol. The molecule has 1 aliphatic heterocycles. The van der Waals surface area contributed by atoms with Gasteiger partial charge in [0.2, 0.25) is 0 Å². The van der Waals surface area contributed by atoms with Crippen molar-refractivity contribution >= 4 is 29.2 Å². The van der Waals surface area contributed by atoms with Crippen LogP contribution in [0, 0.1) is 5.89 Å². The average Bonchev–Trinajstić information content (AvgIpc) is 3.04. The topological polar surface area (TPSA) is 107 Å². The maximum absolute atomic E-state index is 12.3. The lowest BCUT2D eigenvalue weighted by atomic mass is 9.91. The molecule has 0 saturated carbocycles. The van der Waals surface area contributed by atoms with Crippen molar-refractivity contribution in [2.24, 2.45) is 5.89 Å². The number of esters is 1. The number of ether oxygens (including phenoxy) is 2. The van der Waals surface area contributed by atoms with Crippen molar-refractivity contribution in [2.75, 3.05) is 19.0 Å². The van der Waals surface area contributed by atoms with Gasteiger partial charge in [0.15, 0.2) is 5.65 Å². The Bertz CT molecular complexity index is 1060.